The minimum atomic E-state index is -4.83. The Balaban J connectivity index is 1.77. The first kappa shape index (κ1) is 20.9. The fraction of sp³-hybridized carbons (Fsp3) is 0.111. The number of sulfonamides is 1. The summed E-state index contributed by atoms with van der Waals surface area (Å²) >= 11 is 5.96. The number of pyridine rings is 1. The minimum Gasteiger partial charge on any atom is -0.406 e. The molecule has 0 aliphatic heterocycles. The number of carbonyl (C=O) groups is 1. The van der Waals surface area contributed by atoms with Gasteiger partial charge in [0.15, 0.2) is 0 Å². The van der Waals surface area contributed by atoms with Crippen LogP contribution in [0.3, 0.4) is 0 Å². The Kier molecular flexibility index (Phi) is 5.67. The van der Waals surface area contributed by atoms with Crippen molar-refractivity contribution in [1.82, 2.24) is 9.71 Å². The Morgan fingerprint density at radius 2 is 1.83 bits per heavy atom. The van der Waals surface area contributed by atoms with Gasteiger partial charge in [-0.2, -0.15) is 0 Å². The predicted octanol–water partition coefficient (Wildman–Crippen LogP) is 3.83. The molecule has 1 amide bonds. The Bertz CT molecular complexity index is 1170. The number of hydrogen-bond donors (Lipinski definition) is 1. The van der Waals surface area contributed by atoms with Gasteiger partial charge in [0, 0.05) is 16.6 Å². The van der Waals surface area contributed by atoms with Crippen molar-refractivity contribution in [3.63, 3.8) is 0 Å². The Morgan fingerprint density at radius 3 is 2.48 bits per heavy atom. The molecule has 29 heavy (non-hydrogen) atoms. The fourth-order valence-electron chi connectivity index (χ4n) is 2.56. The molecule has 0 bridgehead atoms. The van der Waals surface area contributed by atoms with E-state index >= 15 is 0 Å². The van der Waals surface area contributed by atoms with Crippen LogP contribution in [-0.4, -0.2) is 25.7 Å². The molecular formula is C18H12ClF3N2O4S. The third-order valence-electron chi connectivity index (χ3n) is 3.69. The largest absolute Gasteiger partial charge is 0.573 e. The molecule has 0 saturated heterocycles. The van der Waals surface area contributed by atoms with Crippen LogP contribution >= 0.6 is 11.6 Å². The molecule has 152 valence electrons. The summed E-state index contributed by atoms with van der Waals surface area (Å²) in [6, 6.07) is 10.5. The normalized spacial score (nSPS) is 12.0. The third kappa shape index (κ3) is 5.36. The zero-order chi connectivity index (χ0) is 21.2. The summed E-state index contributed by atoms with van der Waals surface area (Å²) in [5, 5.41) is 0.631. The quantitative estimate of drug-likeness (QED) is 0.646. The topological polar surface area (TPSA) is 85.4 Å². The van der Waals surface area contributed by atoms with Crippen LogP contribution in [0.5, 0.6) is 5.75 Å². The van der Waals surface area contributed by atoms with Gasteiger partial charge in [0.25, 0.3) is 10.0 Å². The van der Waals surface area contributed by atoms with Crippen LogP contribution in [-0.2, 0) is 21.2 Å². The number of aromatic nitrogens is 1. The van der Waals surface area contributed by atoms with Crippen molar-refractivity contribution in [2.24, 2.45) is 0 Å². The molecule has 0 unspecified atom stereocenters. The maximum atomic E-state index is 12.6. The van der Waals surface area contributed by atoms with Gasteiger partial charge in [-0.05, 0) is 35.9 Å². The summed E-state index contributed by atoms with van der Waals surface area (Å²) < 4.78 is 67.4. The number of fused-ring (bicyclic) bond motifs is 1. The van der Waals surface area contributed by atoms with Gasteiger partial charge in [-0.3, -0.25) is 9.78 Å². The number of nitrogens with one attached hydrogen (secondary N) is 1. The van der Waals surface area contributed by atoms with Crippen molar-refractivity contribution in [3.8, 4) is 5.75 Å². The summed E-state index contributed by atoms with van der Waals surface area (Å²) in [5.41, 5.74) is 0.437. The number of alkyl halides is 3. The molecule has 11 heteroatoms. The molecule has 0 aliphatic rings. The molecule has 0 atom stereocenters. The van der Waals surface area contributed by atoms with Gasteiger partial charge in [0.05, 0.1) is 11.9 Å². The number of ether oxygens (including phenoxy) is 1. The second-order valence-electron chi connectivity index (χ2n) is 5.88. The van der Waals surface area contributed by atoms with E-state index in [1.807, 2.05) is 4.72 Å². The molecule has 0 radical (unpaired) electrons. The lowest BCUT2D eigenvalue weighted by atomic mass is 10.1. The average molecular weight is 445 g/mol. The van der Waals surface area contributed by atoms with Crippen molar-refractivity contribution >= 4 is 38.4 Å². The van der Waals surface area contributed by atoms with E-state index in [-0.39, 0.29) is 21.9 Å². The van der Waals surface area contributed by atoms with Gasteiger partial charge < -0.3 is 4.74 Å². The van der Waals surface area contributed by atoms with Crippen molar-refractivity contribution in [2.45, 2.75) is 17.7 Å². The van der Waals surface area contributed by atoms with Crippen LogP contribution in [0.1, 0.15) is 5.56 Å². The van der Waals surface area contributed by atoms with Crippen molar-refractivity contribution in [2.75, 3.05) is 0 Å². The first-order valence-electron chi connectivity index (χ1n) is 7.98. The zero-order valence-electron chi connectivity index (χ0n) is 14.4. The molecule has 3 rings (SSSR count). The van der Waals surface area contributed by atoms with E-state index in [2.05, 4.69) is 9.72 Å². The van der Waals surface area contributed by atoms with Crippen LogP contribution < -0.4 is 9.46 Å². The maximum Gasteiger partial charge on any atom is 0.573 e. The lowest BCUT2D eigenvalue weighted by Gasteiger charge is -2.11. The van der Waals surface area contributed by atoms with Crippen molar-refractivity contribution in [3.05, 3.63) is 65.3 Å². The standard InChI is InChI=1S/C18H12ClF3N2O4S/c19-13-9-12-2-1-7-23-17(12)15(10-13)29(26,27)24-16(25)8-11-3-5-14(6-4-11)28-18(20,21)22/h1-7,9-10H,8H2,(H,24,25). The molecule has 1 heterocycles. The molecule has 6 nitrogen and oxygen atoms in total. The van der Waals surface area contributed by atoms with E-state index in [1.54, 1.807) is 12.1 Å². The smallest absolute Gasteiger partial charge is 0.406 e. The number of carbonyl (C=O) groups excluding carboxylic acids is 1. The Morgan fingerprint density at radius 1 is 1.14 bits per heavy atom. The minimum absolute atomic E-state index is 0.144. The SMILES string of the molecule is O=C(Cc1ccc(OC(F)(F)F)cc1)NS(=O)(=O)c1cc(Cl)cc2cccnc12. The number of halogens is 4. The molecule has 0 spiro atoms. The van der Waals surface area contributed by atoms with E-state index in [9.17, 15) is 26.4 Å². The van der Waals surface area contributed by atoms with Gasteiger partial charge in [0.1, 0.15) is 10.6 Å². The lowest BCUT2D eigenvalue weighted by Crippen LogP contribution is -2.32. The summed E-state index contributed by atoms with van der Waals surface area (Å²) in [5.74, 6) is -1.33. The molecule has 0 fully saturated rings. The third-order valence-corrected chi connectivity index (χ3v) is 5.30. The van der Waals surface area contributed by atoms with Gasteiger partial charge in [-0.15, -0.1) is 13.2 Å². The first-order valence-corrected chi connectivity index (χ1v) is 9.84. The summed E-state index contributed by atoms with van der Waals surface area (Å²) in [6.07, 6.45) is -3.81. The summed E-state index contributed by atoms with van der Waals surface area (Å²) in [6.45, 7) is 0. The lowest BCUT2D eigenvalue weighted by molar-refractivity contribution is -0.274. The van der Waals surface area contributed by atoms with Crippen molar-refractivity contribution < 1.29 is 31.1 Å². The van der Waals surface area contributed by atoms with Gasteiger partial charge in [-0.25, -0.2) is 13.1 Å². The number of nitrogens with zero attached hydrogens (tertiary/aromatic N) is 1. The van der Waals surface area contributed by atoms with Crippen molar-refractivity contribution in [1.29, 1.82) is 0 Å². The highest BCUT2D eigenvalue weighted by Gasteiger charge is 2.31. The predicted molar refractivity (Wildman–Crippen MR) is 98.9 cm³/mol. The maximum absolute atomic E-state index is 12.6. The molecular weight excluding hydrogens is 433 g/mol. The Labute approximate surface area is 168 Å². The van der Waals surface area contributed by atoms with Crippen LogP contribution in [0.15, 0.2) is 59.6 Å². The summed E-state index contributed by atoms with van der Waals surface area (Å²) in [7, 11) is -4.28. The second kappa shape index (κ2) is 7.88. The molecule has 2 aromatic carbocycles. The highest BCUT2D eigenvalue weighted by Crippen LogP contribution is 2.26. The number of amides is 1. The molecule has 3 aromatic rings. The van der Waals surface area contributed by atoms with E-state index in [0.29, 0.717) is 10.9 Å². The monoisotopic (exact) mass is 444 g/mol. The van der Waals surface area contributed by atoms with Crippen LogP contribution in [0.25, 0.3) is 10.9 Å². The molecule has 1 aromatic heterocycles. The number of benzene rings is 2. The van der Waals surface area contributed by atoms with E-state index < -0.39 is 28.0 Å². The Hall–Kier alpha value is -2.85. The van der Waals surface area contributed by atoms with Crippen LogP contribution in [0.4, 0.5) is 13.2 Å². The van der Waals surface area contributed by atoms with Gasteiger partial charge >= 0.3 is 6.36 Å². The van der Waals surface area contributed by atoms with E-state index in [1.165, 1.54) is 30.5 Å². The summed E-state index contributed by atoms with van der Waals surface area (Å²) in [4.78, 5) is 15.9. The average Bonchev–Trinajstić information content (AvgIpc) is 2.61. The molecule has 1 N–H and O–H groups in total. The highest BCUT2D eigenvalue weighted by molar-refractivity contribution is 7.90. The highest BCUT2D eigenvalue weighted by atomic mass is 35.5. The van der Waals surface area contributed by atoms with Gasteiger partial charge in [-0.1, -0.05) is 29.8 Å². The number of hydrogen-bond acceptors (Lipinski definition) is 5. The van der Waals surface area contributed by atoms with Gasteiger partial charge in [0.2, 0.25) is 5.91 Å². The van der Waals surface area contributed by atoms with Crippen LogP contribution in [0, 0.1) is 0 Å². The van der Waals surface area contributed by atoms with Crippen LogP contribution in [0.2, 0.25) is 5.02 Å². The fourth-order valence-corrected chi connectivity index (χ4v) is 4.04. The zero-order valence-corrected chi connectivity index (χ0v) is 16.0. The second-order valence-corrected chi connectivity index (χ2v) is 7.96. The molecule has 0 aliphatic carbocycles. The first-order chi connectivity index (χ1) is 13.5. The molecule has 0 saturated carbocycles. The number of rotatable bonds is 5. The van der Waals surface area contributed by atoms with E-state index in [4.69, 9.17) is 11.6 Å². The van der Waals surface area contributed by atoms with E-state index in [0.717, 1.165) is 12.1 Å².